The van der Waals surface area contributed by atoms with Crippen molar-refractivity contribution in [3.05, 3.63) is 108 Å². The summed E-state index contributed by atoms with van der Waals surface area (Å²) < 4.78 is 11.1. The molecule has 1 N–H and O–H groups in total. The number of nitrogens with one attached hydrogen (secondary N) is 1. The summed E-state index contributed by atoms with van der Waals surface area (Å²) in [6.07, 6.45) is 2.27. The summed E-state index contributed by atoms with van der Waals surface area (Å²) in [6, 6.07) is 25.2. The highest BCUT2D eigenvalue weighted by molar-refractivity contribution is 8.00. The van der Waals surface area contributed by atoms with Crippen molar-refractivity contribution in [1.29, 1.82) is 0 Å². The fourth-order valence-electron chi connectivity index (χ4n) is 3.69. The van der Waals surface area contributed by atoms with Gasteiger partial charge in [0.25, 0.3) is 5.22 Å². The number of rotatable bonds is 8. The number of nitrogens with zero attached hydrogens (tertiary/aromatic N) is 2. The van der Waals surface area contributed by atoms with Crippen molar-refractivity contribution in [1.82, 2.24) is 15.2 Å². The molecule has 33 heavy (non-hydrogen) atoms. The zero-order chi connectivity index (χ0) is 22.6. The van der Waals surface area contributed by atoms with E-state index in [1.807, 2.05) is 78.9 Å². The number of hydrogen-bond acceptors (Lipinski definition) is 6. The third-order valence-electron chi connectivity index (χ3n) is 5.38. The quantitative estimate of drug-likeness (QED) is 0.233. The van der Waals surface area contributed by atoms with E-state index in [0.29, 0.717) is 23.1 Å². The predicted molar refractivity (Wildman–Crippen MR) is 128 cm³/mol. The minimum atomic E-state index is -0.514. The van der Waals surface area contributed by atoms with Crippen LogP contribution >= 0.6 is 11.8 Å². The summed E-state index contributed by atoms with van der Waals surface area (Å²) in [4.78, 5) is 16.8. The normalized spacial score (nSPS) is 12.0. The van der Waals surface area contributed by atoms with E-state index < -0.39 is 5.25 Å². The van der Waals surface area contributed by atoms with Crippen LogP contribution in [-0.2, 0) is 6.42 Å². The van der Waals surface area contributed by atoms with Gasteiger partial charge >= 0.3 is 0 Å². The summed E-state index contributed by atoms with van der Waals surface area (Å²) in [5.74, 6) is 1.27. The molecule has 2 heterocycles. The van der Waals surface area contributed by atoms with E-state index in [4.69, 9.17) is 9.15 Å². The van der Waals surface area contributed by atoms with Gasteiger partial charge in [0.2, 0.25) is 5.89 Å². The average molecular weight is 456 g/mol. The van der Waals surface area contributed by atoms with Gasteiger partial charge in [-0.05, 0) is 41.1 Å². The molecule has 5 rings (SSSR count). The fourth-order valence-corrected chi connectivity index (χ4v) is 4.65. The summed E-state index contributed by atoms with van der Waals surface area (Å²) in [6.45, 7) is 0. The van der Waals surface area contributed by atoms with Gasteiger partial charge in [0.15, 0.2) is 5.78 Å². The molecule has 0 radical (unpaired) electrons. The lowest BCUT2D eigenvalue weighted by Gasteiger charge is -2.13. The minimum absolute atomic E-state index is 0.0152. The predicted octanol–water partition coefficient (Wildman–Crippen LogP) is 5.87. The average Bonchev–Trinajstić information content (AvgIpc) is 3.50. The lowest BCUT2D eigenvalue weighted by molar-refractivity contribution is 0.0990. The molecule has 1 unspecified atom stereocenters. The molecule has 0 amide bonds. The summed E-state index contributed by atoms with van der Waals surface area (Å²) in [5.41, 5.74) is 3.49. The zero-order valence-electron chi connectivity index (χ0n) is 17.9. The van der Waals surface area contributed by atoms with Crippen molar-refractivity contribution in [3.63, 3.8) is 0 Å². The van der Waals surface area contributed by atoms with E-state index >= 15 is 0 Å². The largest absolute Gasteiger partial charge is 0.497 e. The molecule has 0 spiro atoms. The number of aromatic amines is 1. The number of carbonyl (C=O) groups excluding carboxylic acids is 1. The molecule has 2 aromatic heterocycles. The van der Waals surface area contributed by atoms with Crippen molar-refractivity contribution >= 4 is 28.4 Å². The van der Waals surface area contributed by atoms with Gasteiger partial charge in [-0.15, -0.1) is 10.2 Å². The minimum Gasteiger partial charge on any atom is -0.497 e. The number of thioether (sulfide) groups is 1. The first-order valence-electron chi connectivity index (χ1n) is 10.5. The Labute approximate surface area is 195 Å². The van der Waals surface area contributed by atoms with Crippen LogP contribution in [0.4, 0.5) is 0 Å². The van der Waals surface area contributed by atoms with Gasteiger partial charge in [0.05, 0.1) is 13.5 Å². The van der Waals surface area contributed by atoms with E-state index in [1.54, 1.807) is 13.3 Å². The first-order chi connectivity index (χ1) is 16.2. The number of aromatic nitrogens is 3. The first-order valence-corrected chi connectivity index (χ1v) is 11.4. The monoisotopic (exact) mass is 455 g/mol. The number of Topliss-reactive ketones (excluding diaryl/α,β-unsaturated/α-hetero) is 1. The molecule has 0 saturated heterocycles. The van der Waals surface area contributed by atoms with Gasteiger partial charge in [-0.2, -0.15) is 0 Å². The highest BCUT2D eigenvalue weighted by atomic mass is 32.2. The number of H-pyrrole nitrogens is 1. The maximum atomic E-state index is 13.6. The fraction of sp³-hybridized carbons (Fsp3) is 0.115. The van der Waals surface area contributed by atoms with Crippen LogP contribution in [0.15, 0.2) is 94.7 Å². The highest BCUT2D eigenvalue weighted by Crippen LogP contribution is 2.38. The highest BCUT2D eigenvalue weighted by Gasteiger charge is 2.27. The molecule has 1 atom stereocenters. The van der Waals surface area contributed by atoms with E-state index in [9.17, 15) is 4.79 Å². The van der Waals surface area contributed by atoms with Crippen LogP contribution in [0.5, 0.6) is 5.75 Å². The van der Waals surface area contributed by atoms with Gasteiger partial charge in [-0.3, -0.25) is 4.79 Å². The van der Waals surface area contributed by atoms with Crippen LogP contribution in [0.1, 0.15) is 32.6 Å². The van der Waals surface area contributed by atoms with Crippen LogP contribution in [0.3, 0.4) is 0 Å². The summed E-state index contributed by atoms with van der Waals surface area (Å²) in [7, 11) is 1.64. The van der Waals surface area contributed by atoms with Crippen LogP contribution < -0.4 is 4.74 Å². The van der Waals surface area contributed by atoms with Crippen molar-refractivity contribution in [2.45, 2.75) is 16.9 Å². The van der Waals surface area contributed by atoms with Crippen LogP contribution in [0.25, 0.3) is 10.9 Å². The van der Waals surface area contributed by atoms with Gasteiger partial charge in [-0.25, -0.2) is 0 Å². The number of ether oxygens (including phenoxy) is 1. The smallest absolute Gasteiger partial charge is 0.277 e. The number of ketones is 1. The van der Waals surface area contributed by atoms with Crippen molar-refractivity contribution in [2.24, 2.45) is 0 Å². The molecule has 0 aliphatic rings. The Morgan fingerprint density at radius 1 is 1.00 bits per heavy atom. The molecule has 0 saturated carbocycles. The molecule has 3 aromatic carbocycles. The molecule has 7 heteroatoms. The maximum Gasteiger partial charge on any atom is 0.277 e. The topological polar surface area (TPSA) is 81.0 Å². The number of benzene rings is 3. The molecular weight excluding hydrogens is 434 g/mol. The Kier molecular flexibility index (Phi) is 5.95. The summed E-state index contributed by atoms with van der Waals surface area (Å²) >= 11 is 1.27. The SMILES string of the molecule is COc1ccc(Cc2nnc(SC(C(=O)c3c[nH]c4ccccc34)c3ccccc3)o2)cc1. The molecule has 0 aliphatic carbocycles. The van der Waals surface area contributed by atoms with Crippen LogP contribution in [0, 0.1) is 0 Å². The second-order valence-electron chi connectivity index (χ2n) is 7.51. The van der Waals surface area contributed by atoms with Crippen LogP contribution in [0.2, 0.25) is 0 Å². The molecule has 0 fully saturated rings. The Morgan fingerprint density at radius 2 is 1.76 bits per heavy atom. The van der Waals surface area contributed by atoms with Gasteiger partial charge < -0.3 is 14.1 Å². The number of para-hydroxylation sites is 1. The second-order valence-corrected chi connectivity index (χ2v) is 8.56. The Balaban J connectivity index is 1.41. The Bertz CT molecular complexity index is 1380. The van der Waals surface area contributed by atoms with Crippen molar-refractivity contribution < 1.29 is 13.9 Å². The molecular formula is C26H21N3O3S. The maximum absolute atomic E-state index is 13.6. The number of fused-ring (bicyclic) bond motifs is 1. The van der Waals surface area contributed by atoms with E-state index in [0.717, 1.165) is 27.8 Å². The van der Waals surface area contributed by atoms with E-state index in [-0.39, 0.29) is 5.78 Å². The molecule has 164 valence electrons. The van der Waals surface area contributed by atoms with Crippen molar-refractivity contribution in [2.75, 3.05) is 7.11 Å². The van der Waals surface area contributed by atoms with Crippen molar-refractivity contribution in [3.8, 4) is 5.75 Å². The van der Waals surface area contributed by atoms with E-state index in [1.165, 1.54) is 11.8 Å². The third kappa shape index (κ3) is 4.54. The Hall–Kier alpha value is -3.84. The number of hydrogen-bond donors (Lipinski definition) is 1. The molecule has 6 nitrogen and oxygen atoms in total. The number of methoxy groups -OCH3 is 1. The van der Waals surface area contributed by atoms with Crippen LogP contribution in [-0.4, -0.2) is 28.1 Å². The standard InChI is InChI=1S/C26H21N3O3S/c1-31-19-13-11-17(12-14-19)15-23-28-29-26(32-23)33-25(18-7-3-2-4-8-18)24(30)21-16-27-22-10-6-5-9-20(21)22/h2-14,16,25,27H,15H2,1H3. The zero-order valence-corrected chi connectivity index (χ0v) is 18.7. The molecule has 0 bridgehead atoms. The Morgan fingerprint density at radius 3 is 2.55 bits per heavy atom. The lowest BCUT2D eigenvalue weighted by atomic mass is 10.0. The van der Waals surface area contributed by atoms with Gasteiger partial charge in [0.1, 0.15) is 11.0 Å². The van der Waals surface area contributed by atoms with Gasteiger partial charge in [0, 0.05) is 22.7 Å². The molecule has 0 aliphatic heterocycles. The van der Waals surface area contributed by atoms with E-state index in [2.05, 4.69) is 15.2 Å². The third-order valence-corrected chi connectivity index (χ3v) is 6.47. The number of carbonyl (C=O) groups is 1. The summed E-state index contributed by atoms with van der Waals surface area (Å²) in [5, 5.41) is 9.13. The lowest BCUT2D eigenvalue weighted by Crippen LogP contribution is -2.09. The molecule has 5 aromatic rings. The first kappa shape index (κ1) is 21.0. The second kappa shape index (κ2) is 9.34. The van der Waals surface area contributed by atoms with Gasteiger partial charge in [-0.1, -0.05) is 60.7 Å².